The first-order chi connectivity index (χ1) is 14.6. The van der Waals surface area contributed by atoms with Crippen LogP contribution in [0.15, 0.2) is 89.4 Å². The highest BCUT2D eigenvalue weighted by molar-refractivity contribution is 9.10. The molecule has 0 saturated heterocycles. The summed E-state index contributed by atoms with van der Waals surface area (Å²) in [6.07, 6.45) is 1.89. The molecule has 0 unspecified atom stereocenters. The minimum Gasteiger partial charge on any atom is -0.488 e. The summed E-state index contributed by atoms with van der Waals surface area (Å²) >= 11 is 9.50. The van der Waals surface area contributed by atoms with E-state index in [0.29, 0.717) is 17.2 Å². The van der Waals surface area contributed by atoms with E-state index in [-0.39, 0.29) is 0 Å². The second-order valence-corrected chi connectivity index (χ2v) is 8.13. The fourth-order valence-corrected chi connectivity index (χ4v) is 3.81. The highest BCUT2D eigenvalue weighted by Crippen LogP contribution is 2.29. The Labute approximate surface area is 189 Å². The average Bonchev–Trinajstić information content (AvgIpc) is 2.77. The molecular formula is C26H17BrClNO. The van der Waals surface area contributed by atoms with Crippen molar-refractivity contribution in [1.29, 1.82) is 5.26 Å². The Balaban J connectivity index is 1.55. The van der Waals surface area contributed by atoms with Crippen LogP contribution in [-0.2, 0) is 6.61 Å². The molecule has 0 heterocycles. The molecule has 0 aliphatic heterocycles. The molecule has 0 bridgehead atoms. The molecule has 0 amide bonds. The first-order valence-electron chi connectivity index (χ1n) is 9.40. The maximum atomic E-state index is 9.70. The van der Waals surface area contributed by atoms with E-state index in [1.807, 2.05) is 78.9 Å². The number of ether oxygens (including phenoxy) is 1. The van der Waals surface area contributed by atoms with Gasteiger partial charge in [-0.15, -0.1) is 0 Å². The van der Waals surface area contributed by atoms with E-state index in [4.69, 9.17) is 16.3 Å². The Bertz CT molecular complexity index is 1270. The third-order valence-electron chi connectivity index (χ3n) is 4.76. The molecule has 0 spiro atoms. The van der Waals surface area contributed by atoms with Crippen molar-refractivity contribution in [2.45, 2.75) is 6.61 Å². The zero-order chi connectivity index (χ0) is 20.9. The van der Waals surface area contributed by atoms with Crippen LogP contribution in [0.4, 0.5) is 0 Å². The number of allylic oxidation sites excluding steroid dienone is 1. The summed E-state index contributed by atoms with van der Waals surface area (Å²) in [6.45, 7) is 0.450. The number of nitrogens with zero attached hydrogens (tertiary/aromatic N) is 1. The van der Waals surface area contributed by atoms with Crippen molar-refractivity contribution in [3.63, 3.8) is 0 Å². The predicted octanol–water partition coefficient (Wildman–Crippen LogP) is 7.90. The van der Waals surface area contributed by atoms with Gasteiger partial charge in [-0.1, -0.05) is 66.2 Å². The van der Waals surface area contributed by atoms with Crippen LogP contribution in [0.1, 0.15) is 16.7 Å². The molecule has 4 rings (SSSR count). The van der Waals surface area contributed by atoms with Gasteiger partial charge in [0.1, 0.15) is 12.4 Å². The highest BCUT2D eigenvalue weighted by atomic mass is 79.9. The number of nitriles is 1. The SMILES string of the molecule is N#C/C(=C/c1ccc(OCc2ccc(Cl)cc2)c(Br)c1)c1ccc2ccccc2c1. The van der Waals surface area contributed by atoms with Crippen LogP contribution in [-0.4, -0.2) is 0 Å². The van der Waals surface area contributed by atoms with E-state index in [9.17, 15) is 5.26 Å². The van der Waals surface area contributed by atoms with Gasteiger partial charge in [0.15, 0.2) is 0 Å². The smallest absolute Gasteiger partial charge is 0.134 e. The minimum atomic E-state index is 0.450. The van der Waals surface area contributed by atoms with Gasteiger partial charge in [0, 0.05) is 5.02 Å². The number of hydrogen-bond acceptors (Lipinski definition) is 2. The second-order valence-electron chi connectivity index (χ2n) is 6.84. The number of halogens is 2. The molecule has 146 valence electrons. The molecule has 0 N–H and O–H groups in total. The van der Waals surface area contributed by atoms with Crippen LogP contribution in [0.25, 0.3) is 22.4 Å². The van der Waals surface area contributed by atoms with E-state index in [0.717, 1.165) is 37.7 Å². The molecule has 0 aliphatic carbocycles. The monoisotopic (exact) mass is 473 g/mol. The van der Waals surface area contributed by atoms with Gasteiger partial charge in [-0.05, 0) is 79.8 Å². The lowest BCUT2D eigenvalue weighted by atomic mass is 10.0. The summed E-state index contributed by atoms with van der Waals surface area (Å²) < 4.78 is 6.74. The zero-order valence-corrected chi connectivity index (χ0v) is 18.3. The van der Waals surface area contributed by atoms with E-state index in [1.54, 1.807) is 0 Å². The van der Waals surface area contributed by atoms with Gasteiger partial charge in [0.25, 0.3) is 0 Å². The van der Waals surface area contributed by atoms with Crippen LogP contribution in [0.3, 0.4) is 0 Å². The van der Waals surface area contributed by atoms with Gasteiger partial charge in [-0.25, -0.2) is 0 Å². The van der Waals surface area contributed by atoms with Crippen molar-refractivity contribution >= 4 is 50.0 Å². The van der Waals surface area contributed by atoms with E-state index in [1.165, 1.54) is 0 Å². The maximum absolute atomic E-state index is 9.70. The van der Waals surface area contributed by atoms with Crippen molar-refractivity contribution in [2.75, 3.05) is 0 Å². The number of hydrogen-bond donors (Lipinski definition) is 0. The normalized spacial score (nSPS) is 11.3. The Kier molecular flexibility index (Phi) is 6.18. The third kappa shape index (κ3) is 4.74. The highest BCUT2D eigenvalue weighted by Gasteiger charge is 2.06. The number of rotatable bonds is 5. The summed E-state index contributed by atoms with van der Waals surface area (Å²) in [5, 5.41) is 12.7. The van der Waals surface area contributed by atoms with Crippen molar-refractivity contribution in [3.8, 4) is 11.8 Å². The molecule has 0 radical (unpaired) electrons. The van der Waals surface area contributed by atoms with Crippen molar-refractivity contribution in [1.82, 2.24) is 0 Å². The van der Waals surface area contributed by atoms with Crippen molar-refractivity contribution in [3.05, 3.63) is 111 Å². The lowest BCUT2D eigenvalue weighted by Gasteiger charge is -2.09. The van der Waals surface area contributed by atoms with E-state index in [2.05, 4.69) is 34.1 Å². The maximum Gasteiger partial charge on any atom is 0.134 e. The Hall–Kier alpha value is -3.06. The number of fused-ring (bicyclic) bond motifs is 1. The fourth-order valence-electron chi connectivity index (χ4n) is 3.17. The largest absolute Gasteiger partial charge is 0.488 e. The van der Waals surface area contributed by atoms with Crippen LogP contribution in [0.5, 0.6) is 5.75 Å². The molecule has 4 aromatic carbocycles. The van der Waals surface area contributed by atoms with Gasteiger partial charge >= 0.3 is 0 Å². The quantitative estimate of drug-likeness (QED) is 0.217. The molecule has 30 heavy (non-hydrogen) atoms. The Morgan fingerprint density at radius 2 is 1.70 bits per heavy atom. The summed E-state index contributed by atoms with van der Waals surface area (Å²) in [6, 6.07) is 29.9. The second kappa shape index (κ2) is 9.17. The zero-order valence-electron chi connectivity index (χ0n) is 16.0. The van der Waals surface area contributed by atoms with Gasteiger partial charge in [0.2, 0.25) is 0 Å². The van der Waals surface area contributed by atoms with Gasteiger partial charge < -0.3 is 4.74 Å². The summed E-state index contributed by atoms with van der Waals surface area (Å²) in [4.78, 5) is 0. The molecule has 4 heteroatoms. The molecule has 0 saturated carbocycles. The molecule has 0 aliphatic rings. The standard InChI is InChI=1S/C26H17BrClNO/c27-25-14-19(7-12-26(25)30-17-18-5-10-24(28)11-6-18)13-23(16-29)22-9-8-20-3-1-2-4-21(20)15-22/h1-15H,17H2/b23-13-. The minimum absolute atomic E-state index is 0.450. The van der Waals surface area contributed by atoms with Crippen LogP contribution in [0, 0.1) is 11.3 Å². The molecular weight excluding hydrogens is 458 g/mol. The molecule has 2 nitrogen and oxygen atoms in total. The molecule has 4 aromatic rings. The first kappa shape index (κ1) is 20.2. The van der Waals surface area contributed by atoms with E-state index < -0.39 is 0 Å². The molecule has 0 aromatic heterocycles. The Morgan fingerprint density at radius 3 is 2.43 bits per heavy atom. The van der Waals surface area contributed by atoms with Crippen LogP contribution >= 0.6 is 27.5 Å². The number of benzene rings is 4. The summed E-state index contributed by atoms with van der Waals surface area (Å²) in [5.74, 6) is 0.742. The summed E-state index contributed by atoms with van der Waals surface area (Å²) in [7, 11) is 0. The van der Waals surface area contributed by atoms with Crippen molar-refractivity contribution < 1.29 is 4.74 Å². The third-order valence-corrected chi connectivity index (χ3v) is 5.63. The lowest BCUT2D eigenvalue weighted by Crippen LogP contribution is -1.96. The first-order valence-corrected chi connectivity index (χ1v) is 10.6. The fraction of sp³-hybridized carbons (Fsp3) is 0.0385. The van der Waals surface area contributed by atoms with E-state index >= 15 is 0 Å². The Morgan fingerprint density at radius 1 is 0.933 bits per heavy atom. The van der Waals surface area contributed by atoms with Gasteiger partial charge in [-0.3, -0.25) is 0 Å². The lowest BCUT2D eigenvalue weighted by molar-refractivity contribution is 0.304. The average molecular weight is 475 g/mol. The van der Waals surface area contributed by atoms with Crippen molar-refractivity contribution in [2.24, 2.45) is 0 Å². The predicted molar refractivity (Wildman–Crippen MR) is 127 cm³/mol. The van der Waals surface area contributed by atoms with Crippen LogP contribution in [0.2, 0.25) is 5.02 Å². The topological polar surface area (TPSA) is 33.0 Å². The molecule has 0 atom stereocenters. The molecule has 0 fully saturated rings. The summed E-state index contributed by atoms with van der Waals surface area (Å²) in [5.41, 5.74) is 3.47. The van der Waals surface area contributed by atoms with Gasteiger partial charge in [0.05, 0.1) is 16.1 Å². The van der Waals surface area contributed by atoms with Gasteiger partial charge in [-0.2, -0.15) is 5.26 Å². The van der Waals surface area contributed by atoms with Crippen LogP contribution < -0.4 is 4.74 Å².